The van der Waals surface area contributed by atoms with Crippen LogP contribution in [0.25, 0.3) is 0 Å². The second-order valence-corrected chi connectivity index (χ2v) is 3.70. The van der Waals surface area contributed by atoms with Crippen LogP contribution in [0.5, 0.6) is 0 Å². The maximum absolute atomic E-state index is 10.8. The number of hydrogen-bond donors (Lipinski definition) is 2. The van der Waals surface area contributed by atoms with Crippen molar-refractivity contribution >= 4 is 12.1 Å². The van der Waals surface area contributed by atoms with Gasteiger partial charge >= 0.3 is 12.1 Å². The molecule has 3 atom stereocenters. The lowest BCUT2D eigenvalue weighted by atomic mass is 9.99. The standard InChI is InChI=1S/C8H11NO4/c10-7(11)6-4-1-2-5(3-4)9(6)8(12)13/h4-6H,1-3H2,(H,10,11)(H,12,13)/t4-,5+,6-/m0/s1. The number of carboxylic acid groups (broad SMARTS) is 2. The summed E-state index contributed by atoms with van der Waals surface area (Å²) in [5.41, 5.74) is 0. The van der Waals surface area contributed by atoms with Crippen molar-refractivity contribution < 1.29 is 19.8 Å². The van der Waals surface area contributed by atoms with Gasteiger partial charge in [-0.25, -0.2) is 9.59 Å². The molecule has 1 saturated heterocycles. The number of likely N-dealkylation sites (tertiary alicyclic amines) is 1. The van der Waals surface area contributed by atoms with E-state index in [4.69, 9.17) is 10.2 Å². The largest absolute Gasteiger partial charge is 0.480 e. The van der Waals surface area contributed by atoms with Gasteiger partial charge in [-0.05, 0) is 25.2 Å². The van der Waals surface area contributed by atoms with Crippen molar-refractivity contribution in [3.05, 3.63) is 0 Å². The van der Waals surface area contributed by atoms with E-state index in [1.54, 1.807) is 0 Å². The lowest BCUT2D eigenvalue weighted by Gasteiger charge is -2.29. The Morgan fingerprint density at radius 3 is 2.38 bits per heavy atom. The molecule has 2 rings (SSSR count). The number of piperidine rings is 1. The summed E-state index contributed by atoms with van der Waals surface area (Å²) in [6.45, 7) is 0. The normalized spacial score (nSPS) is 36.6. The van der Waals surface area contributed by atoms with E-state index < -0.39 is 18.1 Å². The van der Waals surface area contributed by atoms with Gasteiger partial charge in [0, 0.05) is 6.04 Å². The summed E-state index contributed by atoms with van der Waals surface area (Å²) >= 11 is 0. The molecule has 0 radical (unpaired) electrons. The first-order valence-electron chi connectivity index (χ1n) is 4.35. The molecule has 13 heavy (non-hydrogen) atoms. The van der Waals surface area contributed by atoms with Gasteiger partial charge in [-0.15, -0.1) is 0 Å². The highest BCUT2D eigenvalue weighted by atomic mass is 16.4. The highest BCUT2D eigenvalue weighted by molar-refractivity contribution is 5.81. The Kier molecular flexibility index (Phi) is 1.68. The molecule has 5 heteroatoms. The fraction of sp³-hybridized carbons (Fsp3) is 0.750. The smallest absolute Gasteiger partial charge is 0.408 e. The molecule has 1 amide bonds. The average molecular weight is 185 g/mol. The van der Waals surface area contributed by atoms with E-state index in [2.05, 4.69) is 0 Å². The first-order valence-corrected chi connectivity index (χ1v) is 4.35. The van der Waals surface area contributed by atoms with Gasteiger partial charge in [0.05, 0.1) is 0 Å². The first kappa shape index (κ1) is 8.34. The Balaban J connectivity index is 2.24. The number of amides is 1. The number of aliphatic carboxylic acids is 1. The average Bonchev–Trinajstić information content (AvgIpc) is 2.60. The monoisotopic (exact) mass is 185 g/mol. The van der Waals surface area contributed by atoms with Gasteiger partial charge in [0.1, 0.15) is 6.04 Å². The lowest BCUT2D eigenvalue weighted by Crippen LogP contribution is -2.48. The molecule has 0 aromatic carbocycles. The van der Waals surface area contributed by atoms with Gasteiger partial charge in [-0.2, -0.15) is 0 Å². The third-order valence-corrected chi connectivity index (χ3v) is 3.06. The summed E-state index contributed by atoms with van der Waals surface area (Å²) in [5, 5.41) is 17.7. The van der Waals surface area contributed by atoms with Gasteiger partial charge in [0.25, 0.3) is 0 Å². The molecule has 5 nitrogen and oxygen atoms in total. The van der Waals surface area contributed by atoms with E-state index in [1.165, 1.54) is 0 Å². The minimum atomic E-state index is -1.10. The maximum atomic E-state index is 10.8. The molecular weight excluding hydrogens is 174 g/mol. The van der Waals surface area contributed by atoms with Gasteiger partial charge in [-0.1, -0.05) is 0 Å². The van der Waals surface area contributed by atoms with E-state index in [1.807, 2.05) is 0 Å². The van der Waals surface area contributed by atoms with Crippen molar-refractivity contribution in [1.82, 2.24) is 4.90 Å². The third kappa shape index (κ3) is 1.07. The van der Waals surface area contributed by atoms with Crippen molar-refractivity contribution in [2.24, 2.45) is 5.92 Å². The molecule has 2 N–H and O–H groups in total. The highest BCUT2D eigenvalue weighted by Gasteiger charge is 2.51. The molecule has 0 spiro atoms. The van der Waals surface area contributed by atoms with Crippen LogP contribution in [0.1, 0.15) is 19.3 Å². The quantitative estimate of drug-likeness (QED) is 0.627. The number of hydrogen-bond acceptors (Lipinski definition) is 2. The van der Waals surface area contributed by atoms with Crippen LogP contribution in [0.2, 0.25) is 0 Å². The van der Waals surface area contributed by atoms with Gasteiger partial charge in [0.2, 0.25) is 0 Å². The predicted octanol–water partition coefficient (Wildman–Crippen LogP) is 0.602. The SMILES string of the molecule is O=C(O)[C@@H]1[C@H]2CC[C@H](C2)N1C(=O)O. The molecule has 2 fully saturated rings. The van der Waals surface area contributed by atoms with Crippen molar-refractivity contribution in [3.63, 3.8) is 0 Å². The number of fused-ring (bicyclic) bond motifs is 2. The Morgan fingerprint density at radius 2 is 1.92 bits per heavy atom. The summed E-state index contributed by atoms with van der Waals surface area (Å²) in [6.07, 6.45) is 1.30. The summed E-state index contributed by atoms with van der Waals surface area (Å²) < 4.78 is 0. The Hall–Kier alpha value is -1.26. The molecule has 0 aromatic rings. The van der Waals surface area contributed by atoms with Crippen molar-refractivity contribution in [3.8, 4) is 0 Å². The van der Waals surface area contributed by atoms with Crippen LogP contribution in [0.3, 0.4) is 0 Å². The van der Waals surface area contributed by atoms with E-state index >= 15 is 0 Å². The molecule has 0 unspecified atom stereocenters. The first-order chi connectivity index (χ1) is 6.11. The lowest BCUT2D eigenvalue weighted by molar-refractivity contribution is -0.144. The fourth-order valence-corrected chi connectivity index (χ4v) is 2.58. The highest BCUT2D eigenvalue weighted by Crippen LogP contribution is 2.42. The predicted molar refractivity (Wildman–Crippen MR) is 42.4 cm³/mol. The van der Waals surface area contributed by atoms with Crippen molar-refractivity contribution in [2.45, 2.75) is 31.3 Å². The minimum Gasteiger partial charge on any atom is -0.480 e. The van der Waals surface area contributed by atoms with Crippen LogP contribution in [-0.4, -0.2) is 39.3 Å². The molecular formula is C8H11NO4. The van der Waals surface area contributed by atoms with Gasteiger partial charge < -0.3 is 10.2 Å². The number of carboxylic acids is 1. The summed E-state index contributed by atoms with van der Waals surface area (Å²) in [4.78, 5) is 22.7. The maximum Gasteiger partial charge on any atom is 0.408 e. The molecule has 0 aromatic heterocycles. The number of carbonyl (C=O) groups is 2. The van der Waals surface area contributed by atoms with Crippen molar-refractivity contribution in [2.75, 3.05) is 0 Å². The molecule has 72 valence electrons. The van der Waals surface area contributed by atoms with E-state index in [0.717, 1.165) is 24.2 Å². The van der Waals surface area contributed by atoms with Gasteiger partial charge in [0.15, 0.2) is 0 Å². The zero-order chi connectivity index (χ0) is 9.59. The minimum absolute atomic E-state index is 0.0404. The molecule has 2 aliphatic rings. The summed E-state index contributed by atoms with van der Waals surface area (Å²) in [5.74, 6) is -0.965. The molecule has 1 heterocycles. The second-order valence-electron chi connectivity index (χ2n) is 3.70. The van der Waals surface area contributed by atoms with Crippen LogP contribution in [-0.2, 0) is 4.79 Å². The molecule has 1 aliphatic heterocycles. The number of rotatable bonds is 1. The Labute approximate surface area is 75.0 Å². The number of nitrogens with zero attached hydrogens (tertiary/aromatic N) is 1. The second kappa shape index (κ2) is 2.61. The topological polar surface area (TPSA) is 77.8 Å². The fourth-order valence-electron chi connectivity index (χ4n) is 2.58. The van der Waals surface area contributed by atoms with Crippen LogP contribution < -0.4 is 0 Å². The molecule has 1 saturated carbocycles. The van der Waals surface area contributed by atoms with E-state index in [9.17, 15) is 9.59 Å². The van der Waals surface area contributed by atoms with Gasteiger partial charge in [-0.3, -0.25) is 4.90 Å². The summed E-state index contributed by atoms with van der Waals surface area (Å²) in [7, 11) is 0. The Bertz CT molecular complexity index is 239. The van der Waals surface area contributed by atoms with Crippen LogP contribution >= 0.6 is 0 Å². The molecule has 2 bridgehead atoms. The van der Waals surface area contributed by atoms with Crippen molar-refractivity contribution in [1.29, 1.82) is 0 Å². The zero-order valence-corrected chi connectivity index (χ0v) is 7.01. The van der Waals surface area contributed by atoms with Crippen LogP contribution in [0, 0.1) is 5.92 Å². The van der Waals surface area contributed by atoms with E-state index in [-0.39, 0.29) is 12.0 Å². The van der Waals surface area contributed by atoms with Crippen LogP contribution in [0.4, 0.5) is 4.79 Å². The third-order valence-electron chi connectivity index (χ3n) is 3.06. The Morgan fingerprint density at radius 1 is 1.23 bits per heavy atom. The summed E-state index contributed by atoms with van der Waals surface area (Å²) in [6, 6.07) is -0.847. The van der Waals surface area contributed by atoms with Crippen LogP contribution in [0.15, 0.2) is 0 Å². The zero-order valence-electron chi connectivity index (χ0n) is 7.01. The van der Waals surface area contributed by atoms with E-state index in [0.29, 0.717) is 0 Å². The molecule has 1 aliphatic carbocycles.